The summed E-state index contributed by atoms with van der Waals surface area (Å²) in [6.45, 7) is 0. The molecule has 0 saturated heterocycles. The van der Waals surface area contributed by atoms with Gasteiger partial charge in [0.1, 0.15) is 11.6 Å². The van der Waals surface area contributed by atoms with E-state index in [1.807, 2.05) is 6.07 Å². The molecule has 22 heavy (non-hydrogen) atoms. The Kier molecular flexibility index (Phi) is 3.89. The zero-order valence-electron chi connectivity index (χ0n) is 11.4. The first-order chi connectivity index (χ1) is 10.6. The van der Waals surface area contributed by atoms with E-state index in [0.29, 0.717) is 10.6 Å². The van der Waals surface area contributed by atoms with Crippen LogP contribution in [-0.4, -0.2) is 11.0 Å². The van der Waals surface area contributed by atoms with E-state index in [4.69, 9.17) is 0 Å². The zero-order valence-corrected chi connectivity index (χ0v) is 12.2. The van der Waals surface area contributed by atoms with Crippen LogP contribution < -0.4 is 5.32 Å². The Labute approximate surface area is 130 Å². The number of rotatable bonds is 3. The van der Waals surface area contributed by atoms with E-state index in [9.17, 15) is 14.3 Å². The van der Waals surface area contributed by atoms with Crippen molar-refractivity contribution in [1.82, 2.24) is 0 Å². The number of phenolic OH excluding ortho intramolecular Hbond substituents is 1. The second-order valence-corrected chi connectivity index (χ2v) is 5.76. The Morgan fingerprint density at radius 2 is 1.82 bits per heavy atom. The molecule has 0 aliphatic rings. The normalized spacial score (nSPS) is 10.4. The van der Waals surface area contributed by atoms with Crippen molar-refractivity contribution in [2.45, 2.75) is 0 Å². The second kappa shape index (κ2) is 5.99. The van der Waals surface area contributed by atoms with Crippen LogP contribution in [-0.2, 0) is 0 Å². The highest BCUT2D eigenvalue weighted by Gasteiger charge is 2.11. The highest BCUT2D eigenvalue weighted by Crippen LogP contribution is 2.29. The minimum absolute atomic E-state index is 0.198. The van der Waals surface area contributed by atoms with E-state index in [1.54, 1.807) is 42.5 Å². The number of carbonyl (C=O) groups excluding carboxylic acids is 1. The van der Waals surface area contributed by atoms with Crippen LogP contribution in [0.5, 0.6) is 5.75 Å². The van der Waals surface area contributed by atoms with Crippen molar-refractivity contribution in [3.63, 3.8) is 0 Å². The Balaban J connectivity index is 1.78. The number of hydrogen-bond acceptors (Lipinski definition) is 3. The maximum absolute atomic E-state index is 13.1. The molecule has 3 nitrogen and oxygen atoms in total. The highest BCUT2D eigenvalue weighted by molar-refractivity contribution is 7.17. The lowest BCUT2D eigenvalue weighted by molar-refractivity contribution is 0.103. The van der Waals surface area contributed by atoms with Crippen LogP contribution in [0.4, 0.5) is 10.1 Å². The van der Waals surface area contributed by atoms with Gasteiger partial charge in [0.05, 0.1) is 4.88 Å². The van der Waals surface area contributed by atoms with Gasteiger partial charge in [0, 0.05) is 10.6 Å². The van der Waals surface area contributed by atoms with Crippen molar-refractivity contribution in [3.05, 3.63) is 71.4 Å². The third kappa shape index (κ3) is 3.15. The summed E-state index contributed by atoms with van der Waals surface area (Å²) < 4.78 is 13.1. The molecule has 0 radical (unpaired) electrons. The minimum atomic E-state index is -0.395. The molecule has 3 aromatic rings. The number of halogens is 1. The van der Waals surface area contributed by atoms with Gasteiger partial charge in [-0.05, 0) is 60.2 Å². The van der Waals surface area contributed by atoms with E-state index in [2.05, 4.69) is 5.32 Å². The first-order valence-corrected chi connectivity index (χ1v) is 7.39. The monoisotopic (exact) mass is 313 g/mol. The predicted octanol–water partition coefficient (Wildman–Crippen LogP) is 4.51. The molecule has 5 heteroatoms. The van der Waals surface area contributed by atoms with Gasteiger partial charge in [-0.2, -0.15) is 0 Å². The molecule has 0 aliphatic carbocycles. The number of aromatic hydroxyl groups is 1. The second-order valence-electron chi connectivity index (χ2n) is 4.68. The molecule has 1 heterocycles. The lowest BCUT2D eigenvalue weighted by atomic mass is 10.2. The zero-order chi connectivity index (χ0) is 15.5. The molecule has 3 rings (SSSR count). The smallest absolute Gasteiger partial charge is 0.265 e. The van der Waals surface area contributed by atoms with E-state index in [1.165, 1.54) is 23.5 Å². The Hall–Kier alpha value is -2.66. The van der Waals surface area contributed by atoms with Gasteiger partial charge in [0.2, 0.25) is 0 Å². The average Bonchev–Trinajstić information content (AvgIpc) is 2.98. The maximum atomic E-state index is 13.1. The Morgan fingerprint density at radius 3 is 2.55 bits per heavy atom. The van der Waals surface area contributed by atoms with Gasteiger partial charge in [0.25, 0.3) is 5.91 Å². The van der Waals surface area contributed by atoms with Crippen molar-refractivity contribution < 1.29 is 14.3 Å². The summed E-state index contributed by atoms with van der Waals surface area (Å²) in [7, 11) is 0. The molecule has 0 saturated carbocycles. The maximum Gasteiger partial charge on any atom is 0.265 e. The van der Waals surface area contributed by atoms with E-state index < -0.39 is 5.82 Å². The van der Waals surface area contributed by atoms with Gasteiger partial charge < -0.3 is 10.4 Å². The standard InChI is InChI=1S/C17H12FNO2S/c18-12-2-1-3-13(10-12)19-17(21)16-9-8-15(22-16)11-4-6-14(20)7-5-11/h1-10,20H,(H,19,21). The highest BCUT2D eigenvalue weighted by atomic mass is 32.1. The molecule has 0 aliphatic heterocycles. The summed E-state index contributed by atoms with van der Waals surface area (Å²) in [5, 5.41) is 12.0. The lowest BCUT2D eigenvalue weighted by Gasteiger charge is -2.03. The van der Waals surface area contributed by atoms with Gasteiger partial charge in [-0.3, -0.25) is 4.79 Å². The molecule has 0 fully saturated rings. The molecule has 1 aromatic heterocycles. The summed E-state index contributed by atoms with van der Waals surface area (Å²) in [5.74, 6) is -0.473. The van der Waals surface area contributed by atoms with Crippen molar-refractivity contribution in [1.29, 1.82) is 0 Å². The first kappa shape index (κ1) is 14.3. The summed E-state index contributed by atoms with van der Waals surface area (Å²) in [5.41, 5.74) is 1.34. The Bertz CT molecular complexity index is 812. The molecule has 0 bridgehead atoms. The molecule has 0 spiro atoms. The first-order valence-electron chi connectivity index (χ1n) is 6.58. The van der Waals surface area contributed by atoms with Gasteiger partial charge in [-0.15, -0.1) is 11.3 Å². The van der Waals surface area contributed by atoms with Gasteiger partial charge in [0.15, 0.2) is 0 Å². The van der Waals surface area contributed by atoms with E-state index in [0.717, 1.165) is 10.4 Å². The fraction of sp³-hybridized carbons (Fsp3) is 0. The SMILES string of the molecule is O=C(Nc1cccc(F)c1)c1ccc(-c2ccc(O)cc2)s1. The van der Waals surface area contributed by atoms with Crippen LogP contribution in [0.3, 0.4) is 0 Å². The van der Waals surface area contributed by atoms with Crippen LogP contribution in [0.2, 0.25) is 0 Å². The quantitative estimate of drug-likeness (QED) is 0.747. The van der Waals surface area contributed by atoms with E-state index in [-0.39, 0.29) is 11.7 Å². The predicted molar refractivity (Wildman–Crippen MR) is 85.8 cm³/mol. The number of anilines is 1. The topological polar surface area (TPSA) is 49.3 Å². The average molecular weight is 313 g/mol. The van der Waals surface area contributed by atoms with Crippen LogP contribution in [0, 0.1) is 5.82 Å². The molecular formula is C17H12FNO2S. The fourth-order valence-electron chi connectivity index (χ4n) is 2.00. The lowest BCUT2D eigenvalue weighted by Crippen LogP contribution is -2.09. The van der Waals surface area contributed by atoms with Crippen molar-refractivity contribution >= 4 is 22.9 Å². The van der Waals surface area contributed by atoms with Crippen LogP contribution in [0.15, 0.2) is 60.7 Å². The van der Waals surface area contributed by atoms with Gasteiger partial charge in [-0.25, -0.2) is 4.39 Å². The summed E-state index contributed by atoms with van der Waals surface area (Å²) in [6, 6.07) is 16.1. The number of benzene rings is 2. The van der Waals surface area contributed by atoms with E-state index >= 15 is 0 Å². The number of carbonyl (C=O) groups is 1. The minimum Gasteiger partial charge on any atom is -0.508 e. The van der Waals surface area contributed by atoms with Crippen LogP contribution >= 0.6 is 11.3 Å². The summed E-state index contributed by atoms with van der Waals surface area (Å²) in [4.78, 5) is 13.6. The molecule has 2 N–H and O–H groups in total. The third-order valence-corrected chi connectivity index (χ3v) is 4.20. The number of hydrogen-bond donors (Lipinski definition) is 2. The molecule has 1 amide bonds. The van der Waals surface area contributed by atoms with Gasteiger partial charge >= 0.3 is 0 Å². The van der Waals surface area contributed by atoms with Crippen LogP contribution in [0.25, 0.3) is 10.4 Å². The van der Waals surface area contributed by atoms with Crippen molar-refractivity contribution in [2.75, 3.05) is 5.32 Å². The molecular weight excluding hydrogens is 301 g/mol. The van der Waals surface area contributed by atoms with Crippen molar-refractivity contribution in [2.24, 2.45) is 0 Å². The third-order valence-electron chi connectivity index (χ3n) is 3.06. The molecule has 0 unspecified atom stereocenters. The van der Waals surface area contributed by atoms with Gasteiger partial charge in [-0.1, -0.05) is 6.07 Å². The Morgan fingerprint density at radius 1 is 1.05 bits per heavy atom. The molecule has 2 aromatic carbocycles. The number of phenols is 1. The van der Waals surface area contributed by atoms with Crippen molar-refractivity contribution in [3.8, 4) is 16.2 Å². The van der Waals surface area contributed by atoms with Crippen LogP contribution in [0.1, 0.15) is 9.67 Å². The largest absolute Gasteiger partial charge is 0.508 e. The number of thiophene rings is 1. The summed E-state index contributed by atoms with van der Waals surface area (Å²) >= 11 is 1.34. The number of amides is 1. The molecule has 110 valence electrons. The summed E-state index contributed by atoms with van der Waals surface area (Å²) in [6.07, 6.45) is 0. The number of nitrogens with one attached hydrogen (secondary N) is 1. The fourth-order valence-corrected chi connectivity index (χ4v) is 2.91. The molecule has 0 atom stereocenters.